The van der Waals surface area contributed by atoms with Crippen molar-refractivity contribution in [2.45, 2.75) is 19.4 Å². The number of anilines is 1. The molecule has 0 fully saturated rings. The van der Waals surface area contributed by atoms with Crippen LogP contribution < -0.4 is 10.1 Å². The Bertz CT molecular complexity index is 317. The van der Waals surface area contributed by atoms with Crippen LogP contribution in [0.3, 0.4) is 0 Å². The predicted molar refractivity (Wildman–Crippen MR) is 65.5 cm³/mol. The number of rotatable bonds is 5. The maximum absolute atomic E-state index is 9.43. The second-order valence-electron chi connectivity index (χ2n) is 3.29. The van der Waals surface area contributed by atoms with Crippen LogP contribution in [0.4, 0.5) is 5.69 Å². The van der Waals surface area contributed by atoms with Gasteiger partial charge in [0.2, 0.25) is 0 Å². The van der Waals surface area contributed by atoms with E-state index < -0.39 is 0 Å². The second-order valence-corrected chi connectivity index (χ2v) is 4.14. The van der Waals surface area contributed by atoms with Crippen LogP contribution in [0.15, 0.2) is 22.7 Å². The molecule has 0 heterocycles. The van der Waals surface area contributed by atoms with Crippen LogP contribution >= 0.6 is 15.9 Å². The zero-order valence-corrected chi connectivity index (χ0v) is 10.5. The van der Waals surface area contributed by atoms with Crippen molar-refractivity contribution < 1.29 is 9.84 Å². The molecule has 0 saturated carbocycles. The third kappa shape index (κ3) is 3.72. The van der Waals surface area contributed by atoms with Crippen molar-refractivity contribution in [3.8, 4) is 5.75 Å². The molecule has 0 aliphatic rings. The van der Waals surface area contributed by atoms with Gasteiger partial charge in [0.05, 0.1) is 18.9 Å². The van der Waals surface area contributed by atoms with E-state index in [1.54, 1.807) is 7.11 Å². The van der Waals surface area contributed by atoms with Crippen LogP contribution in [0, 0.1) is 0 Å². The van der Waals surface area contributed by atoms with Crippen molar-refractivity contribution in [1.82, 2.24) is 0 Å². The lowest BCUT2D eigenvalue weighted by Gasteiger charge is -2.13. The number of methoxy groups -OCH3 is 1. The third-order valence-electron chi connectivity index (χ3n) is 2.17. The molecular formula is C11H16BrNO2. The van der Waals surface area contributed by atoms with Gasteiger partial charge in [-0.15, -0.1) is 0 Å². The number of hydrogen-bond donors (Lipinski definition) is 2. The minimum Gasteiger partial charge on any atom is -0.497 e. The SMILES string of the molecule is CCC(O)CNc1cc(OC)ccc1Br. The topological polar surface area (TPSA) is 41.5 Å². The summed E-state index contributed by atoms with van der Waals surface area (Å²) in [4.78, 5) is 0. The molecule has 84 valence electrons. The smallest absolute Gasteiger partial charge is 0.121 e. The van der Waals surface area contributed by atoms with Crippen LogP contribution in [0.5, 0.6) is 5.75 Å². The molecule has 4 heteroatoms. The summed E-state index contributed by atoms with van der Waals surface area (Å²) < 4.78 is 6.08. The maximum Gasteiger partial charge on any atom is 0.121 e. The molecule has 0 aliphatic heterocycles. The van der Waals surface area contributed by atoms with E-state index in [0.717, 1.165) is 22.3 Å². The number of benzene rings is 1. The largest absolute Gasteiger partial charge is 0.497 e. The Hall–Kier alpha value is -0.740. The van der Waals surface area contributed by atoms with Crippen molar-refractivity contribution in [2.24, 2.45) is 0 Å². The Morgan fingerprint density at radius 3 is 2.87 bits per heavy atom. The number of nitrogens with one attached hydrogen (secondary N) is 1. The average Bonchev–Trinajstić information content (AvgIpc) is 2.27. The lowest BCUT2D eigenvalue weighted by molar-refractivity contribution is 0.183. The highest BCUT2D eigenvalue weighted by Crippen LogP contribution is 2.26. The minimum atomic E-state index is -0.317. The van der Waals surface area contributed by atoms with Gasteiger partial charge in [0.1, 0.15) is 5.75 Å². The predicted octanol–water partition coefficient (Wildman–Crippen LogP) is 2.64. The van der Waals surface area contributed by atoms with Gasteiger partial charge < -0.3 is 15.2 Å². The molecule has 3 nitrogen and oxygen atoms in total. The summed E-state index contributed by atoms with van der Waals surface area (Å²) in [5.74, 6) is 0.798. The monoisotopic (exact) mass is 273 g/mol. The molecule has 0 saturated heterocycles. The van der Waals surface area contributed by atoms with Crippen LogP contribution in [-0.4, -0.2) is 24.9 Å². The molecule has 15 heavy (non-hydrogen) atoms. The van der Waals surface area contributed by atoms with Crippen molar-refractivity contribution in [3.63, 3.8) is 0 Å². The van der Waals surface area contributed by atoms with Gasteiger partial charge in [0.25, 0.3) is 0 Å². The molecule has 1 atom stereocenters. The molecule has 0 aliphatic carbocycles. The first kappa shape index (κ1) is 12.3. The lowest BCUT2D eigenvalue weighted by Crippen LogP contribution is -2.18. The Kier molecular flexibility index (Phi) is 4.91. The Morgan fingerprint density at radius 1 is 1.53 bits per heavy atom. The maximum atomic E-state index is 9.43. The van der Waals surface area contributed by atoms with Gasteiger partial charge in [0.15, 0.2) is 0 Å². The van der Waals surface area contributed by atoms with Crippen LogP contribution in [-0.2, 0) is 0 Å². The van der Waals surface area contributed by atoms with Gasteiger partial charge in [-0.05, 0) is 34.5 Å². The molecule has 0 bridgehead atoms. The first-order chi connectivity index (χ1) is 7.17. The number of ether oxygens (including phenoxy) is 1. The number of hydrogen-bond acceptors (Lipinski definition) is 3. The van der Waals surface area contributed by atoms with E-state index in [9.17, 15) is 5.11 Å². The van der Waals surface area contributed by atoms with Crippen LogP contribution in [0.2, 0.25) is 0 Å². The molecule has 0 aromatic heterocycles. The Morgan fingerprint density at radius 2 is 2.27 bits per heavy atom. The third-order valence-corrected chi connectivity index (χ3v) is 2.86. The van der Waals surface area contributed by atoms with E-state index in [1.165, 1.54) is 0 Å². The molecule has 0 amide bonds. The van der Waals surface area contributed by atoms with Crippen molar-refractivity contribution in [1.29, 1.82) is 0 Å². The second kappa shape index (κ2) is 5.98. The summed E-state index contributed by atoms with van der Waals surface area (Å²) in [7, 11) is 1.63. The normalized spacial score (nSPS) is 12.3. The standard InChI is InChI=1S/C11H16BrNO2/c1-3-8(14)7-13-11-6-9(15-2)4-5-10(11)12/h4-6,8,13-14H,3,7H2,1-2H3. The van der Waals surface area contributed by atoms with E-state index in [0.29, 0.717) is 6.54 Å². The van der Waals surface area contributed by atoms with Gasteiger partial charge in [-0.3, -0.25) is 0 Å². The van der Waals surface area contributed by atoms with E-state index in [1.807, 2.05) is 25.1 Å². The summed E-state index contributed by atoms with van der Waals surface area (Å²) in [6.07, 6.45) is 0.428. The minimum absolute atomic E-state index is 0.317. The molecule has 0 radical (unpaired) electrons. The highest BCUT2D eigenvalue weighted by molar-refractivity contribution is 9.10. The quantitative estimate of drug-likeness (QED) is 0.867. The fourth-order valence-corrected chi connectivity index (χ4v) is 1.53. The molecule has 0 spiro atoms. The fraction of sp³-hybridized carbons (Fsp3) is 0.455. The molecule has 1 rings (SSSR count). The van der Waals surface area contributed by atoms with Gasteiger partial charge in [0, 0.05) is 17.1 Å². The van der Waals surface area contributed by atoms with E-state index in [2.05, 4.69) is 21.2 Å². The van der Waals surface area contributed by atoms with E-state index in [4.69, 9.17) is 4.74 Å². The zero-order chi connectivity index (χ0) is 11.3. The Balaban J connectivity index is 2.66. The molecule has 2 N–H and O–H groups in total. The van der Waals surface area contributed by atoms with Gasteiger partial charge in [-0.25, -0.2) is 0 Å². The highest BCUT2D eigenvalue weighted by Gasteiger charge is 2.04. The van der Waals surface area contributed by atoms with E-state index in [-0.39, 0.29) is 6.10 Å². The molecule has 1 aromatic rings. The fourth-order valence-electron chi connectivity index (χ4n) is 1.14. The summed E-state index contributed by atoms with van der Waals surface area (Å²) in [5.41, 5.74) is 0.932. The van der Waals surface area contributed by atoms with Gasteiger partial charge >= 0.3 is 0 Å². The highest BCUT2D eigenvalue weighted by atomic mass is 79.9. The Labute approximate surface area is 98.6 Å². The van der Waals surface area contributed by atoms with E-state index >= 15 is 0 Å². The first-order valence-corrected chi connectivity index (χ1v) is 5.72. The number of halogens is 1. The van der Waals surface area contributed by atoms with Gasteiger partial charge in [-0.1, -0.05) is 6.92 Å². The first-order valence-electron chi connectivity index (χ1n) is 4.92. The molecule has 1 unspecified atom stereocenters. The van der Waals surface area contributed by atoms with Crippen LogP contribution in [0.1, 0.15) is 13.3 Å². The summed E-state index contributed by atoms with van der Waals surface area (Å²) in [5, 5.41) is 12.6. The zero-order valence-electron chi connectivity index (χ0n) is 8.96. The van der Waals surface area contributed by atoms with Crippen molar-refractivity contribution >= 4 is 21.6 Å². The van der Waals surface area contributed by atoms with Gasteiger partial charge in [-0.2, -0.15) is 0 Å². The summed E-state index contributed by atoms with van der Waals surface area (Å²) in [6.45, 7) is 2.50. The lowest BCUT2D eigenvalue weighted by atomic mass is 10.2. The number of aliphatic hydroxyl groups is 1. The van der Waals surface area contributed by atoms with Crippen LogP contribution in [0.25, 0.3) is 0 Å². The molecule has 1 aromatic carbocycles. The average molecular weight is 274 g/mol. The summed E-state index contributed by atoms with van der Waals surface area (Å²) >= 11 is 3.43. The van der Waals surface area contributed by atoms with Crippen molar-refractivity contribution in [2.75, 3.05) is 19.0 Å². The number of aliphatic hydroxyl groups excluding tert-OH is 1. The molecular weight excluding hydrogens is 258 g/mol. The summed E-state index contributed by atoms with van der Waals surface area (Å²) in [6, 6.07) is 5.69. The van der Waals surface area contributed by atoms with Crippen molar-refractivity contribution in [3.05, 3.63) is 22.7 Å².